The van der Waals surface area contributed by atoms with E-state index in [-0.39, 0.29) is 5.91 Å². The zero-order valence-electron chi connectivity index (χ0n) is 10.0. The number of aryl methyl sites for hydroxylation is 1. The van der Waals surface area contributed by atoms with Crippen LogP contribution in [0.2, 0.25) is 10.0 Å². The molecule has 0 bridgehead atoms. The third-order valence-corrected chi connectivity index (χ3v) is 4.18. The van der Waals surface area contributed by atoms with Crippen LogP contribution in [-0.4, -0.2) is 5.91 Å². The molecule has 5 heteroatoms. The van der Waals surface area contributed by atoms with Gasteiger partial charge in [-0.1, -0.05) is 35.3 Å². The van der Waals surface area contributed by atoms with E-state index in [1.807, 2.05) is 13.0 Å². The van der Waals surface area contributed by atoms with Gasteiger partial charge in [-0.3, -0.25) is 4.79 Å². The molecule has 19 heavy (non-hydrogen) atoms. The van der Waals surface area contributed by atoms with Crippen LogP contribution in [0, 0.1) is 6.92 Å². The molecule has 0 atom stereocenters. The summed E-state index contributed by atoms with van der Waals surface area (Å²) in [7, 11) is 0. The van der Waals surface area contributed by atoms with Crippen LogP contribution < -0.4 is 5.32 Å². The summed E-state index contributed by atoms with van der Waals surface area (Å²) in [6, 6.07) is 10.6. The largest absolute Gasteiger partial charge is 0.321 e. The number of benzene rings is 2. The molecule has 1 amide bonds. The fourth-order valence-electron chi connectivity index (χ4n) is 1.59. The third kappa shape index (κ3) is 3.30. The number of rotatable bonds is 2. The second-order valence-electron chi connectivity index (χ2n) is 4.04. The summed E-state index contributed by atoms with van der Waals surface area (Å²) in [5, 5.41) is 3.62. The molecule has 0 aliphatic carbocycles. The molecule has 0 aromatic heterocycles. The van der Waals surface area contributed by atoms with Crippen molar-refractivity contribution in [1.29, 1.82) is 0 Å². The molecular formula is C14H10BrCl2NO. The number of hydrogen-bond donors (Lipinski definition) is 1. The highest BCUT2D eigenvalue weighted by molar-refractivity contribution is 9.10. The minimum atomic E-state index is -0.294. The Hall–Kier alpha value is -1.03. The molecule has 98 valence electrons. The van der Waals surface area contributed by atoms with Crippen LogP contribution in [-0.2, 0) is 0 Å². The van der Waals surface area contributed by atoms with E-state index in [1.165, 1.54) is 0 Å². The van der Waals surface area contributed by atoms with Crippen LogP contribution in [0.5, 0.6) is 0 Å². The number of amides is 1. The van der Waals surface area contributed by atoms with Crippen molar-refractivity contribution >= 4 is 50.7 Å². The highest BCUT2D eigenvalue weighted by atomic mass is 79.9. The summed E-state index contributed by atoms with van der Waals surface area (Å²) in [5.41, 5.74) is 1.99. The average molecular weight is 359 g/mol. The Balaban J connectivity index is 2.28. The highest BCUT2D eigenvalue weighted by Crippen LogP contribution is 2.28. The predicted molar refractivity (Wildman–Crippen MR) is 83.3 cm³/mol. The number of carbonyl (C=O) groups is 1. The predicted octanol–water partition coefficient (Wildman–Crippen LogP) is 5.32. The molecule has 0 unspecified atom stereocenters. The molecule has 0 aliphatic rings. The summed E-state index contributed by atoms with van der Waals surface area (Å²) in [6.45, 7) is 1.93. The first kappa shape index (κ1) is 14.4. The van der Waals surface area contributed by atoms with Gasteiger partial charge in [0.15, 0.2) is 0 Å². The Kier molecular flexibility index (Phi) is 4.50. The maximum absolute atomic E-state index is 12.1. The van der Waals surface area contributed by atoms with Crippen molar-refractivity contribution in [1.82, 2.24) is 0 Å². The molecule has 2 aromatic rings. The molecule has 0 saturated carbocycles. The molecule has 2 aromatic carbocycles. The quantitative estimate of drug-likeness (QED) is 0.773. The number of halogens is 3. The monoisotopic (exact) mass is 357 g/mol. The third-order valence-electron chi connectivity index (χ3n) is 2.57. The Morgan fingerprint density at radius 3 is 2.63 bits per heavy atom. The van der Waals surface area contributed by atoms with E-state index in [4.69, 9.17) is 23.2 Å². The lowest BCUT2D eigenvalue weighted by atomic mass is 10.2. The van der Waals surface area contributed by atoms with Crippen LogP contribution in [0.15, 0.2) is 40.9 Å². The molecule has 0 radical (unpaired) electrons. The van der Waals surface area contributed by atoms with Crippen molar-refractivity contribution in [2.45, 2.75) is 6.92 Å². The van der Waals surface area contributed by atoms with Crippen molar-refractivity contribution < 1.29 is 4.79 Å². The van der Waals surface area contributed by atoms with Crippen LogP contribution in [0.1, 0.15) is 15.9 Å². The van der Waals surface area contributed by atoms with Gasteiger partial charge in [-0.15, -0.1) is 0 Å². The van der Waals surface area contributed by atoms with Crippen molar-refractivity contribution in [2.24, 2.45) is 0 Å². The first-order valence-electron chi connectivity index (χ1n) is 5.50. The second kappa shape index (κ2) is 5.95. The zero-order valence-corrected chi connectivity index (χ0v) is 13.1. The summed E-state index contributed by atoms with van der Waals surface area (Å²) in [6.07, 6.45) is 0. The van der Waals surface area contributed by atoms with E-state index >= 15 is 0 Å². The second-order valence-corrected chi connectivity index (χ2v) is 5.68. The van der Waals surface area contributed by atoms with E-state index in [0.29, 0.717) is 25.8 Å². The normalized spacial score (nSPS) is 10.3. The molecular weight excluding hydrogens is 349 g/mol. The highest BCUT2D eigenvalue weighted by Gasteiger charge is 2.13. The smallest absolute Gasteiger partial charge is 0.257 e. The fourth-order valence-corrected chi connectivity index (χ4v) is 2.45. The number of nitrogens with one attached hydrogen (secondary N) is 1. The SMILES string of the molecule is Cc1ccc(NC(=O)c2cccc(Br)c2Cl)c(Cl)c1. The standard InChI is InChI=1S/C14H10BrCl2NO/c1-8-5-6-12(11(16)7-8)18-14(19)9-3-2-4-10(15)13(9)17/h2-7H,1H3,(H,18,19). The summed E-state index contributed by atoms with van der Waals surface area (Å²) in [5.74, 6) is -0.294. The van der Waals surface area contributed by atoms with Gasteiger partial charge in [0.05, 0.1) is 21.3 Å². The van der Waals surface area contributed by atoms with Crippen molar-refractivity contribution in [3.63, 3.8) is 0 Å². The van der Waals surface area contributed by atoms with Gasteiger partial charge in [0.1, 0.15) is 0 Å². The van der Waals surface area contributed by atoms with Crippen LogP contribution in [0.3, 0.4) is 0 Å². The van der Waals surface area contributed by atoms with E-state index in [1.54, 1.807) is 30.3 Å². The molecule has 0 spiro atoms. The van der Waals surface area contributed by atoms with Gasteiger partial charge in [-0.05, 0) is 52.7 Å². The summed E-state index contributed by atoms with van der Waals surface area (Å²) in [4.78, 5) is 12.1. The van der Waals surface area contributed by atoms with Crippen molar-refractivity contribution in [3.05, 3.63) is 62.0 Å². The minimum Gasteiger partial charge on any atom is -0.321 e. The van der Waals surface area contributed by atoms with Crippen LogP contribution in [0.25, 0.3) is 0 Å². The van der Waals surface area contributed by atoms with Gasteiger partial charge in [-0.2, -0.15) is 0 Å². The van der Waals surface area contributed by atoms with E-state index in [2.05, 4.69) is 21.2 Å². The number of anilines is 1. The molecule has 2 rings (SSSR count). The summed E-state index contributed by atoms with van der Waals surface area (Å²) >= 11 is 15.4. The Morgan fingerprint density at radius 2 is 1.95 bits per heavy atom. The molecule has 0 fully saturated rings. The molecule has 2 nitrogen and oxygen atoms in total. The van der Waals surface area contributed by atoms with E-state index in [9.17, 15) is 4.79 Å². The van der Waals surface area contributed by atoms with Gasteiger partial charge < -0.3 is 5.32 Å². The Bertz CT molecular complexity index is 643. The van der Waals surface area contributed by atoms with Gasteiger partial charge in [0.2, 0.25) is 0 Å². The lowest BCUT2D eigenvalue weighted by Crippen LogP contribution is -2.12. The lowest BCUT2D eigenvalue weighted by molar-refractivity contribution is 0.102. The topological polar surface area (TPSA) is 29.1 Å². The van der Waals surface area contributed by atoms with Crippen molar-refractivity contribution in [2.75, 3.05) is 5.32 Å². The van der Waals surface area contributed by atoms with Gasteiger partial charge in [-0.25, -0.2) is 0 Å². The van der Waals surface area contributed by atoms with Gasteiger partial charge in [0, 0.05) is 4.47 Å². The van der Waals surface area contributed by atoms with E-state index in [0.717, 1.165) is 5.56 Å². The molecule has 0 aliphatic heterocycles. The maximum Gasteiger partial charge on any atom is 0.257 e. The maximum atomic E-state index is 12.1. The first-order chi connectivity index (χ1) is 8.99. The van der Waals surface area contributed by atoms with Gasteiger partial charge in [0.25, 0.3) is 5.91 Å². The zero-order chi connectivity index (χ0) is 14.0. The van der Waals surface area contributed by atoms with Crippen LogP contribution in [0.4, 0.5) is 5.69 Å². The Morgan fingerprint density at radius 1 is 1.21 bits per heavy atom. The first-order valence-corrected chi connectivity index (χ1v) is 7.05. The number of carbonyl (C=O) groups excluding carboxylic acids is 1. The van der Waals surface area contributed by atoms with Crippen molar-refractivity contribution in [3.8, 4) is 0 Å². The lowest BCUT2D eigenvalue weighted by Gasteiger charge is -2.09. The number of hydrogen-bond acceptors (Lipinski definition) is 1. The average Bonchev–Trinajstić information content (AvgIpc) is 2.36. The van der Waals surface area contributed by atoms with E-state index < -0.39 is 0 Å². The molecule has 0 heterocycles. The minimum absolute atomic E-state index is 0.294. The summed E-state index contributed by atoms with van der Waals surface area (Å²) < 4.78 is 0.678. The molecule has 0 saturated heterocycles. The molecule has 1 N–H and O–H groups in total. The Labute approximate surface area is 129 Å². The fraction of sp³-hybridized carbons (Fsp3) is 0.0714. The van der Waals surface area contributed by atoms with Crippen LogP contribution >= 0.6 is 39.1 Å². The van der Waals surface area contributed by atoms with Gasteiger partial charge >= 0.3 is 0 Å².